The summed E-state index contributed by atoms with van der Waals surface area (Å²) in [4.78, 5) is 45.6. The molecule has 0 aromatic heterocycles. The Labute approximate surface area is 281 Å². The van der Waals surface area contributed by atoms with E-state index in [9.17, 15) is 24.3 Å². The van der Waals surface area contributed by atoms with Gasteiger partial charge in [-0.15, -0.1) is 0 Å². The average Bonchev–Trinajstić information content (AvgIpc) is 3.02. The molecule has 2 atom stereocenters. The van der Waals surface area contributed by atoms with E-state index in [1.54, 1.807) is 0 Å². The first-order valence-electron chi connectivity index (χ1n) is 18.7. The highest BCUT2D eigenvalue weighted by molar-refractivity contribution is 5.75. The molecule has 8 nitrogen and oxygen atoms in total. The van der Waals surface area contributed by atoms with E-state index in [-0.39, 0.29) is 24.4 Å². The fraction of sp³-hybridized carbons (Fsp3) is 0.895. The minimum Gasteiger partial charge on any atom is -0.481 e. The third kappa shape index (κ3) is 21.6. The maximum Gasteiger partial charge on any atom is 0.309 e. The van der Waals surface area contributed by atoms with Crippen LogP contribution in [0.4, 0.5) is 0 Å². The Bertz CT molecular complexity index is 787. The summed E-state index contributed by atoms with van der Waals surface area (Å²) in [6, 6.07) is 0. The molecule has 0 aliphatic rings. The number of carbonyl (C=O) groups is 4. The van der Waals surface area contributed by atoms with E-state index >= 15 is 0 Å². The van der Waals surface area contributed by atoms with E-state index < -0.39 is 23.3 Å². The molecule has 0 saturated heterocycles. The molecule has 0 rings (SSSR count). The Morgan fingerprint density at radius 2 is 1.02 bits per heavy atom. The number of rotatable bonds is 29. The van der Waals surface area contributed by atoms with Crippen LogP contribution in [0.1, 0.15) is 196 Å². The second-order valence-corrected chi connectivity index (χ2v) is 13.5. The van der Waals surface area contributed by atoms with Gasteiger partial charge in [0.15, 0.2) is 0 Å². The monoisotopic (exact) mass is 657 g/mol. The predicted molar refractivity (Wildman–Crippen MR) is 187 cm³/mol. The molecular formula is C38H72O8. The Morgan fingerprint density at radius 1 is 0.565 bits per heavy atom. The number of carboxylic acids is 3. The molecule has 0 saturated carbocycles. The van der Waals surface area contributed by atoms with Gasteiger partial charge in [0, 0.05) is 19.3 Å². The van der Waals surface area contributed by atoms with Crippen LogP contribution in [-0.2, 0) is 23.9 Å². The van der Waals surface area contributed by atoms with Crippen molar-refractivity contribution in [3.8, 4) is 0 Å². The summed E-state index contributed by atoms with van der Waals surface area (Å²) in [5.74, 6) is -1.71. The van der Waals surface area contributed by atoms with Gasteiger partial charge in [0.05, 0.1) is 5.41 Å². The molecule has 0 fully saturated rings. The number of carbonyl (C=O) groups excluding carboxylic acids is 1. The van der Waals surface area contributed by atoms with Crippen LogP contribution in [0, 0.1) is 17.3 Å². The molecule has 8 heteroatoms. The van der Waals surface area contributed by atoms with Gasteiger partial charge in [-0.3, -0.25) is 19.2 Å². The number of aliphatic carboxylic acids is 3. The summed E-state index contributed by atoms with van der Waals surface area (Å²) >= 11 is 0. The van der Waals surface area contributed by atoms with Crippen LogP contribution in [-0.4, -0.2) is 44.8 Å². The normalized spacial score (nSPS) is 14.0. The average molecular weight is 657 g/mol. The molecule has 0 bridgehead atoms. The molecule has 0 aliphatic carbocycles. The summed E-state index contributed by atoms with van der Waals surface area (Å²) in [5, 5.41) is 27.7. The first kappa shape index (κ1) is 46.0. The second-order valence-electron chi connectivity index (χ2n) is 13.5. The van der Waals surface area contributed by atoms with Gasteiger partial charge in [0.1, 0.15) is 5.60 Å². The van der Waals surface area contributed by atoms with Crippen LogP contribution in [0.2, 0.25) is 0 Å². The third-order valence-corrected chi connectivity index (χ3v) is 9.82. The van der Waals surface area contributed by atoms with E-state index in [2.05, 4.69) is 48.5 Å². The Balaban J connectivity index is 0. The van der Waals surface area contributed by atoms with Crippen LogP contribution in [0.3, 0.4) is 0 Å². The standard InChI is InChI=1S/C22H42O4.C16H30O4/c1-5-9-12-18(7-3)16-22(21(25)26,15-11-14-20(23)24)17-19(8-4)13-10-6-2;1-4-7-10-13-16(5-2,6-3)20-15(19)12-9-8-11-14(17)18/h18-19H,5-17H2,1-4H3,(H,23,24)(H,25,26);4-13H2,1-3H3,(H,17,18). The van der Waals surface area contributed by atoms with Crippen molar-refractivity contribution in [2.24, 2.45) is 17.3 Å². The van der Waals surface area contributed by atoms with Crippen molar-refractivity contribution in [1.29, 1.82) is 0 Å². The topological polar surface area (TPSA) is 138 Å². The highest BCUT2D eigenvalue weighted by Gasteiger charge is 2.41. The van der Waals surface area contributed by atoms with Gasteiger partial charge in [-0.25, -0.2) is 0 Å². The number of hydrogen-bond donors (Lipinski definition) is 3. The van der Waals surface area contributed by atoms with Gasteiger partial charge in [-0.05, 0) is 76.0 Å². The number of ether oxygens (including phenoxy) is 1. The minimum absolute atomic E-state index is 0.0620. The summed E-state index contributed by atoms with van der Waals surface area (Å²) in [5.41, 5.74) is -1.09. The van der Waals surface area contributed by atoms with Gasteiger partial charge in [0.2, 0.25) is 0 Å². The molecule has 0 heterocycles. The van der Waals surface area contributed by atoms with Crippen LogP contribution in [0.5, 0.6) is 0 Å². The highest BCUT2D eigenvalue weighted by Crippen LogP contribution is 2.43. The molecular weight excluding hydrogens is 584 g/mol. The third-order valence-electron chi connectivity index (χ3n) is 9.82. The smallest absolute Gasteiger partial charge is 0.309 e. The van der Waals surface area contributed by atoms with Crippen molar-refractivity contribution in [1.82, 2.24) is 0 Å². The summed E-state index contributed by atoms with van der Waals surface area (Å²) in [6.07, 6.45) is 18.7. The fourth-order valence-corrected chi connectivity index (χ4v) is 6.47. The lowest BCUT2D eigenvalue weighted by Gasteiger charge is -2.36. The Hall–Kier alpha value is -2.12. The van der Waals surface area contributed by atoms with Crippen molar-refractivity contribution in [3.63, 3.8) is 0 Å². The van der Waals surface area contributed by atoms with E-state index in [4.69, 9.17) is 14.9 Å². The summed E-state index contributed by atoms with van der Waals surface area (Å²) in [6.45, 7) is 14.9. The molecule has 3 N–H and O–H groups in total. The summed E-state index contributed by atoms with van der Waals surface area (Å²) < 4.78 is 5.70. The Morgan fingerprint density at radius 3 is 1.41 bits per heavy atom. The molecule has 0 spiro atoms. The number of unbranched alkanes of at least 4 members (excludes halogenated alkanes) is 5. The first-order valence-corrected chi connectivity index (χ1v) is 18.7. The van der Waals surface area contributed by atoms with Crippen molar-refractivity contribution in [2.75, 3.05) is 0 Å². The van der Waals surface area contributed by atoms with Crippen LogP contribution in [0.25, 0.3) is 0 Å². The van der Waals surface area contributed by atoms with E-state index in [0.717, 1.165) is 89.9 Å². The van der Waals surface area contributed by atoms with Crippen LogP contribution in [0.15, 0.2) is 0 Å². The predicted octanol–water partition coefficient (Wildman–Crippen LogP) is 10.8. The van der Waals surface area contributed by atoms with E-state index in [1.165, 1.54) is 0 Å². The fourth-order valence-electron chi connectivity index (χ4n) is 6.47. The SMILES string of the molecule is CCCCC(CC)CC(CCCC(=O)O)(CC(CC)CCCC)C(=O)O.CCCCCC(CC)(CC)OC(=O)CCCCC(=O)O. The van der Waals surface area contributed by atoms with Crippen LogP contribution >= 0.6 is 0 Å². The quantitative estimate of drug-likeness (QED) is 0.0534. The maximum atomic E-state index is 12.4. The van der Waals surface area contributed by atoms with E-state index in [1.807, 2.05) is 0 Å². The van der Waals surface area contributed by atoms with Crippen molar-refractivity contribution < 1.29 is 39.2 Å². The first-order chi connectivity index (χ1) is 21.8. The van der Waals surface area contributed by atoms with Crippen LogP contribution < -0.4 is 0 Å². The largest absolute Gasteiger partial charge is 0.481 e. The number of hydrogen-bond acceptors (Lipinski definition) is 5. The molecule has 0 aliphatic heterocycles. The molecule has 0 aromatic carbocycles. The minimum atomic E-state index is -0.833. The lowest BCUT2D eigenvalue weighted by molar-refractivity contribution is -0.162. The molecule has 0 radical (unpaired) electrons. The number of esters is 1. The van der Waals surface area contributed by atoms with Crippen molar-refractivity contribution >= 4 is 23.9 Å². The van der Waals surface area contributed by atoms with E-state index in [0.29, 0.717) is 56.8 Å². The highest BCUT2D eigenvalue weighted by atomic mass is 16.6. The molecule has 0 aromatic rings. The maximum absolute atomic E-state index is 12.4. The van der Waals surface area contributed by atoms with Gasteiger partial charge in [-0.2, -0.15) is 0 Å². The molecule has 272 valence electrons. The Kier molecular flexibility index (Phi) is 27.9. The van der Waals surface area contributed by atoms with Crippen molar-refractivity contribution in [3.05, 3.63) is 0 Å². The van der Waals surface area contributed by atoms with Gasteiger partial charge >= 0.3 is 23.9 Å². The zero-order valence-electron chi connectivity index (χ0n) is 30.8. The lowest BCUT2D eigenvalue weighted by Crippen LogP contribution is -2.36. The molecule has 0 amide bonds. The van der Waals surface area contributed by atoms with Gasteiger partial charge < -0.3 is 20.1 Å². The van der Waals surface area contributed by atoms with Gasteiger partial charge in [0.25, 0.3) is 0 Å². The zero-order valence-corrected chi connectivity index (χ0v) is 30.8. The van der Waals surface area contributed by atoms with Gasteiger partial charge in [-0.1, -0.05) is 113 Å². The molecule has 46 heavy (non-hydrogen) atoms. The summed E-state index contributed by atoms with van der Waals surface area (Å²) in [7, 11) is 0. The second kappa shape index (κ2) is 27.9. The molecule has 2 unspecified atom stereocenters. The van der Waals surface area contributed by atoms with Crippen molar-refractivity contribution in [2.45, 2.75) is 202 Å². The lowest BCUT2D eigenvalue weighted by atomic mass is 9.68. The zero-order chi connectivity index (χ0) is 35.4. The number of carboxylic acid groups (broad SMARTS) is 3.